The lowest BCUT2D eigenvalue weighted by atomic mass is 9.30. The zero-order chi connectivity index (χ0) is 24.2. The molecule has 0 bridgehead atoms. The molecule has 0 saturated heterocycles. The first-order valence-electron chi connectivity index (χ1n) is 14.3. The highest BCUT2D eigenvalue weighted by Crippen LogP contribution is 2.77. The molecule has 190 valence electrons. The number of hydrogen-bond acceptors (Lipinski definition) is 3. The number of rotatable bonds is 1. The summed E-state index contributed by atoms with van der Waals surface area (Å²) < 4.78 is 0. The van der Waals surface area contributed by atoms with Crippen LogP contribution in [0, 0.1) is 62.6 Å². The monoisotopic (exact) mass is 460 g/mol. The van der Waals surface area contributed by atoms with E-state index in [2.05, 4.69) is 48.5 Å². The van der Waals surface area contributed by atoms with Crippen LogP contribution in [-0.4, -0.2) is 27.7 Å². The fourth-order valence-corrected chi connectivity index (χ4v) is 12.0. The Morgan fingerprint density at radius 1 is 0.758 bits per heavy atom. The van der Waals surface area contributed by atoms with Crippen LogP contribution in [0.15, 0.2) is 0 Å². The molecule has 1 unspecified atom stereocenters. The van der Waals surface area contributed by atoms with Crippen molar-refractivity contribution in [2.75, 3.05) is 0 Å². The van der Waals surface area contributed by atoms with Gasteiger partial charge in [-0.05, 0) is 115 Å². The van der Waals surface area contributed by atoms with Crippen LogP contribution in [-0.2, 0) is 0 Å². The minimum atomic E-state index is -1.35. The minimum Gasteiger partial charge on any atom is -0.393 e. The van der Waals surface area contributed by atoms with Crippen LogP contribution in [0.5, 0.6) is 0 Å². The Balaban J connectivity index is 1.65. The number of aliphatic hydroxyl groups is 3. The Hall–Kier alpha value is -0.120. The molecule has 5 fully saturated rings. The maximum atomic E-state index is 12.0. The molecule has 5 aliphatic carbocycles. The summed E-state index contributed by atoms with van der Waals surface area (Å²) in [5.74, 6) is 2.54. The number of fused-ring (bicyclic) bond motifs is 7. The van der Waals surface area contributed by atoms with Crippen LogP contribution in [0.2, 0.25) is 0 Å². The van der Waals surface area contributed by atoms with Crippen molar-refractivity contribution in [2.45, 2.75) is 125 Å². The van der Waals surface area contributed by atoms with E-state index in [0.29, 0.717) is 35.0 Å². The molecule has 3 nitrogen and oxygen atoms in total. The summed E-state index contributed by atoms with van der Waals surface area (Å²) in [6, 6.07) is 0. The van der Waals surface area contributed by atoms with Crippen LogP contribution in [0.1, 0.15) is 113 Å². The SMILES string of the molecule is C[C@@H]1[C@H]2[C@H]3C(O)C[C@@H]4[C@@]5(C)CCCC(C)(C)[C@@H]5CC[C@@]4(C)[C@]3(C(O)O)CC[C@@]2(C)CC[C@H]1C. The molecule has 5 saturated carbocycles. The maximum absolute atomic E-state index is 12.0. The van der Waals surface area contributed by atoms with E-state index in [9.17, 15) is 15.3 Å². The summed E-state index contributed by atoms with van der Waals surface area (Å²) >= 11 is 0. The summed E-state index contributed by atoms with van der Waals surface area (Å²) in [5.41, 5.74) is -0.00659. The zero-order valence-corrected chi connectivity index (χ0v) is 22.5. The van der Waals surface area contributed by atoms with Crippen LogP contribution >= 0.6 is 0 Å². The van der Waals surface area contributed by atoms with Gasteiger partial charge in [0.15, 0.2) is 6.29 Å². The Bertz CT molecular complexity index is 777. The first kappa shape index (κ1) is 24.6. The van der Waals surface area contributed by atoms with E-state index in [-0.39, 0.29) is 22.2 Å². The van der Waals surface area contributed by atoms with Gasteiger partial charge < -0.3 is 15.3 Å². The van der Waals surface area contributed by atoms with Crippen LogP contribution < -0.4 is 0 Å². The molecule has 3 heteroatoms. The molecule has 11 atom stereocenters. The standard InChI is InChI=1S/C30H52O3/c1-18-9-13-27(5)15-16-30(25(32)33)24(23(27)19(18)2)20(31)17-22-28(6)12-8-11-26(3,4)21(28)10-14-29(22,30)7/h18-25,31-33H,8-17H2,1-7H3/t18-,19+,20?,21+,22-,23+,24-,27-,28+,29-,30-/m1/s1. The molecule has 0 aliphatic heterocycles. The highest BCUT2D eigenvalue weighted by atomic mass is 16.5. The predicted octanol–water partition coefficient (Wildman–Crippen LogP) is 6.40. The van der Waals surface area contributed by atoms with Gasteiger partial charge in [0.05, 0.1) is 6.10 Å². The van der Waals surface area contributed by atoms with Gasteiger partial charge in [0.2, 0.25) is 0 Å². The van der Waals surface area contributed by atoms with Crippen molar-refractivity contribution in [2.24, 2.45) is 62.6 Å². The van der Waals surface area contributed by atoms with E-state index < -0.39 is 17.8 Å². The van der Waals surface area contributed by atoms with Gasteiger partial charge in [0, 0.05) is 5.41 Å². The van der Waals surface area contributed by atoms with Crippen LogP contribution in [0.3, 0.4) is 0 Å². The predicted molar refractivity (Wildman–Crippen MR) is 133 cm³/mol. The summed E-state index contributed by atoms with van der Waals surface area (Å²) in [6.45, 7) is 17.1. The molecule has 0 aromatic carbocycles. The van der Waals surface area contributed by atoms with Gasteiger partial charge in [-0.3, -0.25) is 0 Å². The second kappa shape index (κ2) is 7.45. The number of hydrogen-bond donors (Lipinski definition) is 3. The summed E-state index contributed by atoms with van der Waals surface area (Å²) in [6.07, 6.45) is 9.55. The lowest BCUT2D eigenvalue weighted by Crippen LogP contribution is -2.73. The number of aliphatic hydroxyl groups excluding tert-OH is 2. The first-order valence-corrected chi connectivity index (χ1v) is 14.3. The molecule has 0 heterocycles. The first-order chi connectivity index (χ1) is 15.2. The summed E-state index contributed by atoms with van der Waals surface area (Å²) in [7, 11) is 0. The van der Waals surface area contributed by atoms with E-state index in [1.54, 1.807) is 0 Å². The highest BCUT2D eigenvalue weighted by Gasteiger charge is 2.74. The van der Waals surface area contributed by atoms with Crippen molar-refractivity contribution in [3.05, 3.63) is 0 Å². The van der Waals surface area contributed by atoms with Crippen molar-refractivity contribution in [3.63, 3.8) is 0 Å². The quantitative estimate of drug-likeness (QED) is 0.397. The second-order valence-corrected chi connectivity index (χ2v) is 15.2. The van der Waals surface area contributed by atoms with Crippen LogP contribution in [0.25, 0.3) is 0 Å². The second-order valence-electron chi connectivity index (χ2n) is 15.2. The van der Waals surface area contributed by atoms with Gasteiger partial charge in [-0.15, -0.1) is 0 Å². The molecule has 0 radical (unpaired) electrons. The van der Waals surface area contributed by atoms with Gasteiger partial charge in [0.25, 0.3) is 0 Å². The molecular weight excluding hydrogens is 408 g/mol. The van der Waals surface area contributed by atoms with E-state index in [0.717, 1.165) is 25.7 Å². The molecule has 3 N–H and O–H groups in total. The normalized spacial score (nSPS) is 58.1. The Morgan fingerprint density at radius 2 is 1.45 bits per heavy atom. The fourth-order valence-electron chi connectivity index (χ4n) is 12.0. The largest absolute Gasteiger partial charge is 0.393 e. The van der Waals surface area contributed by atoms with E-state index in [1.807, 2.05) is 0 Å². The molecule has 0 aromatic heterocycles. The third kappa shape index (κ3) is 2.97. The van der Waals surface area contributed by atoms with E-state index in [1.165, 1.54) is 38.5 Å². The third-order valence-corrected chi connectivity index (χ3v) is 13.7. The molecule has 5 rings (SSSR count). The Labute approximate surface area is 203 Å². The van der Waals surface area contributed by atoms with Gasteiger partial charge in [-0.2, -0.15) is 0 Å². The van der Waals surface area contributed by atoms with E-state index >= 15 is 0 Å². The topological polar surface area (TPSA) is 60.7 Å². The van der Waals surface area contributed by atoms with Crippen molar-refractivity contribution < 1.29 is 15.3 Å². The average molecular weight is 461 g/mol. The Kier molecular flexibility index (Phi) is 5.55. The van der Waals surface area contributed by atoms with Crippen molar-refractivity contribution >= 4 is 0 Å². The molecule has 5 aliphatic rings. The molecule has 0 aromatic rings. The minimum absolute atomic E-state index is 0.00741. The molecular formula is C30H52O3. The summed E-state index contributed by atoms with van der Waals surface area (Å²) in [4.78, 5) is 0. The smallest absolute Gasteiger partial charge is 0.158 e. The maximum Gasteiger partial charge on any atom is 0.158 e. The van der Waals surface area contributed by atoms with Gasteiger partial charge >= 0.3 is 0 Å². The molecule has 0 spiro atoms. The fraction of sp³-hybridized carbons (Fsp3) is 1.00. The summed E-state index contributed by atoms with van der Waals surface area (Å²) in [5, 5.41) is 34.7. The molecule has 33 heavy (non-hydrogen) atoms. The van der Waals surface area contributed by atoms with Crippen LogP contribution in [0.4, 0.5) is 0 Å². The average Bonchev–Trinajstić information content (AvgIpc) is 2.71. The zero-order valence-electron chi connectivity index (χ0n) is 22.5. The van der Waals surface area contributed by atoms with Crippen molar-refractivity contribution in [1.29, 1.82) is 0 Å². The van der Waals surface area contributed by atoms with Gasteiger partial charge in [0.1, 0.15) is 0 Å². The molecule has 0 amide bonds. The van der Waals surface area contributed by atoms with Crippen molar-refractivity contribution in [3.8, 4) is 0 Å². The van der Waals surface area contributed by atoms with E-state index in [4.69, 9.17) is 0 Å². The lowest BCUT2D eigenvalue weighted by molar-refractivity contribution is -0.336. The Morgan fingerprint density at radius 3 is 2.12 bits per heavy atom. The van der Waals surface area contributed by atoms with Gasteiger partial charge in [-0.1, -0.05) is 54.9 Å². The third-order valence-electron chi connectivity index (χ3n) is 13.7. The highest BCUT2D eigenvalue weighted by molar-refractivity contribution is 5.21. The van der Waals surface area contributed by atoms with Crippen molar-refractivity contribution in [1.82, 2.24) is 0 Å². The van der Waals surface area contributed by atoms with Gasteiger partial charge in [-0.25, -0.2) is 0 Å². The lowest BCUT2D eigenvalue weighted by Gasteiger charge is -2.75.